The van der Waals surface area contributed by atoms with Gasteiger partial charge in [-0.15, -0.1) is 0 Å². The number of amides is 1. The van der Waals surface area contributed by atoms with Crippen LogP contribution in [0.4, 0.5) is 5.69 Å². The van der Waals surface area contributed by atoms with Crippen molar-refractivity contribution in [2.75, 3.05) is 11.9 Å². The van der Waals surface area contributed by atoms with Crippen molar-refractivity contribution in [2.24, 2.45) is 0 Å². The molecule has 39 heavy (non-hydrogen) atoms. The normalized spacial score (nSPS) is 16.8. The third-order valence-corrected chi connectivity index (χ3v) is 7.98. The maximum atomic E-state index is 13.1. The number of carbonyl (C=O) groups is 1. The summed E-state index contributed by atoms with van der Waals surface area (Å²) in [6, 6.07) is 33.4. The molecule has 1 saturated heterocycles. The Hall–Kier alpha value is -4.14. The highest BCUT2D eigenvalue weighted by molar-refractivity contribution is 7.99. The second kappa shape index (κ2) is 11.3. The molecule has 2 atom stereocenters. The van der Waals surface area contributed by atoms with Crippen LogP contribution < -0.4 is 10.6 Å². The first kappa shape index (κ1) is 25.2. The zero-order valence-electron chi connectivity index (χ0n) is 21.0. The van der Waals surface area contributed by atoms with E-state index in [4.69, 9.17) is 16.6 Å². The van der Waals surface area contributed by atoms with Gasteiger partial charge >= 0.3 is 0 Å². The number of carbonyl (C=O) groups excluding carboxylic acids is 1. The van der Waals surface area contributed by atoms with Crippen LogP contribution in [0.5, 0.6) is 0 Å². The molecule has 0 radical (unpaired) electrons. The van der Waals surface area contributed by atoms with Crippen molar-refractivity contribution in [3.63, 3.8) is 0 Å². The smallest absolute Gasteiger partial charge is 0.226 e. The minimum Gasteiger partial charge on any atom is -0.452 e. The lowest BCUT2D eigenvalue weighted by Crippen LogP contribution is -2.32. The van der Waals surface area contributed by atoms with Gasteiger partial charge in [-0.3, -0.25) is 9.78 Å². The van der Waals surface area contributed by atoms with Crippen LogP contribution in [0.25, 0.3) is 10.8 Å². The fourth-order valence-electron chi connectivity index (χ4n) is 4.88. The maximum Gasteiger partial charge on any atom is 0.226 e. The van der Waals surface area contributed by atoms with E-state index in [9.17, 15) is 4.79 Å². The lowest BCUT2D eigenvalue weighted by molar-refractivity contribution is -0.116. The van der Waals surface area contributed by atoms with E-state index in [1.54, 1.807) is 18.0 Å². The van der Waals surface area contributed by atoms with Crippen LogP contribution in [0, 0.1) is 0 Å². The molecule has 3 heterocycles. The molecule has 2 N–H and O–H groups in total. The zero-order chi connectivity index (χ0) is 26.6. The number of furan rings is 1. The van der Waals surface area contributed by atoms with Crippen molar-refractivity contribution in [2.45, 2.75) is 28.5 Å². The number of pyridine rings is 1. The molecule has 0 spiro atoms. The van der Waals surface area contributed by atoms with E-state index in [1.807, 2.05) is 95.9 Å². The number of nitrogens with one attached hydrogen (secondary N) is 2. The number of rotatable bonds is 8. The van der Waals surface area contributed by atoms with Gasteiger partial charge in [-0.05, 0) is 60.1 Å². The predicted octanol–water partition coefficient (Wildman–Crippen LogP) is 6.98. The van der Waals surface area contributed by atoms with Gasteiger partial charge in [-0.25, -0.2) is 0 Å². The predicted molar refractivity (Wildman–Crippen MR) is 159 cm³/mol. The molecule has 1 amide bonds. The molecule has 0 aliphatic carbocycles. The monoisotopic (exact) mass is 550 g/mol. The minimum atomic E-state index is -0.247. The van der Waals surface area contributed by atoms with Crippen molar-refractivity contribution < 1.29 is 9.21 Å². The molecule has 1 aliphatic heterocycles. The van der Waals surface area contributed by atoms with Gasteiger partial charge in [0.25, 0.3) is 0 Å². The van der Waals surface area contributed by atoms with E-state index < -0.39 is 0 Å². The molecule has 0 saturated carbocycles. The summed E-state index contributed by atoms with van der Waals surface area (Å²) in [6.07, 6.45) is 2.04. The molecule has 8 heteroatoms. The third kappa shape index (κ3) is 5.53. The lowest BCUT2D eigenvalue weighted by Gasteiger charge is -2.25. The highest BCUT2D eigenvalue weighted by atomic mass is 32.2. The molecule has 5 aromatic rings. The zero-order valence-corrected chi connectivity index (χ0v) is 22.6. The number of hydrogen-bond acceptors (Lipinski definition) is 5. The molecule has 194 valence electrons. The summed E-state index contributed by atoms with van der Waals surface area (Å²) in [5.41, 5.74) is 1.66. The van der Waals surface area contributed by atoms with Crippen LogP contribution in [0.15, 0.2) is 124 Å². The number of anilines is 1. The summed E-state index contributed by atoms with van der Waals surface area (Å²) in [5, 5.41) is 9.97. The Morgan fingerprint density at radius 2 is 1.74 bits per heavy atom. The molecule has 2 aromatic heterocycles. The Kier molecular flexibility index (Phi) is 7.29. The van der Waals surface area contributed by atoms with Crippen LogP contribution in [0.3, 0.4) is 0 Å². The number of thiocarbonyl (C=S) groups is 1. The number of fused-ring (bicyclic) bond motifs is 1. The summed E-state index contributed by atoms with van der Waals surface area (Å²) in [4.78, 5) is 20.8. The van der Waals surface area contributed by atoms with Gasteiger partial charge in [-0.2, -0.15) is 0 Å². The summed E-state index contributed by atoms with van der Waals surface area (Å²) in [6.45, 7) is 0.429. The van der Waals surface area contributed by atoms with Crippen LogP contribution in [0.1, 0.15) is 30.0 Å². The fraction of sp³-hybridized carbons (Fsp3) is 0.129. The molecular weight excluding hydrogens is 525 g/mol. The van der Waals surface area contributed by atoms with E-state index in [2.05, 4.69) is 27.8 Å². The number of hydrogen-bond donors (Lipinski definition) is 2. The average Bonchev–Trinajstić information content (AvgIpc) is 3.56. The number of benzene rings is 3. The number of nitrogens with zero attached hydrogens (tertiary/aromatic N) is 2. The van der Waals surface area contributed by atoms with Gasteiger partial charge in [0, 0.05) is 35.1 Å². The van der Waals surface area contributed by atoms with Gasteiger partial charge in [0.05, 0.1) is 11.7 Å². The molecular formula is C31H26N4O2S2. The lowest BCUT2D eigenvalue weighted by atomic mass is 10.0. The van der Waals surface area contributed by atoms with E-state index in [0.717, 1.165) is 37.9 Å². The van der Waals surface area contributed by atoms with Gasteiger partial charge in [-0.1, -0.05) is 72.4 Å². The van der Waals surface area contributed by atoms with Gasteiger partial charge < -0.3 is 20.0 Å². The fourth-order valence-corrected chi connectivity index (χ4v) is 6.01. The molecule has 6 nitrogen and oxygen atoms in total. The summed E-state index contributed by atoms with van der Waals surface area (Å²) >= 11 is 7.33. The van der Waals surface area contributed by atoms with E-state index in [0.29, 0.717) is 11.7 Å². The van der Waals surface area contributed by atoms with Crippen molar-refractivity contribution in [3.05, 3.63) is 121 Å². The van der Waals surface area contributed by atoms with Crippen LogP contribution in [0.2, 0.25) is 0 Å². The minimum absolute atomic E-state index is 0.0750. The molecule has 3 aromatic carbocycles. The summed E-state index contributed by atoms with van der Waals surface area (Å²) in [7, 11) is 0. The summed E-state index contributed by atoms with van der Waals surface area (Å²) < 4.78 is 6.35. The topological polar surface area (TPSA) is 70.4 Å². The first-order valence-electron chi connectivity index (χ1n) is 12.7. The Labute approximate surface area is 236 Å². The number of aromatic nitrogens is 1. The molecule has 1 aliphatic rings. The van der Waals surface area contributed by atoms with Crippen LogP contribution in [-0.4, -0.2) is 27.4 Å². The van der Waals surface area contributed by atoms with Crippen LogP contribution in [-0.2, 0) is 4.79 Å². The third-order valence-electron chi connectivity index (χ3n) is 6.70. The first-order chi connectivity index (χ1) is 19.2. The Morgan fingerprint density at radius 3 is 2.59 bits per heavy atom. The molecule has 2 unspecified atom stereocenters. The van der Waals surface area contributed by atoms with E-state index in [1.165, 1.54) is 0 Å². The molecule has 6 rings (SSSR count). The Bertz CT molecular complexity index is 1600. The first-order valence-corrected chi connectivity index (χ1v) is 14.0. The standard InChI is InChI=1S/C31H26N4O2S2/c36-27(33-24-15-8-10-21-9-4-5-13-23(21)24)18-20-35-30(29(34-31(35)38)25-14-6-7-19-32-25)26-16-17-28(37-26)39-22-11-2-1-3-12-22/h1-17,19,29-30H,18,20H2,(H,33,36)(H,34,38). The van der Waals surface area contributed by atoms with Gasteiger partial charge in [0.1, 0.15) is 11.8 Å². The van der Waals surface area contributed by atoms with Crippen molar-refractivity contribution in [1.29, 1.82) is 0 Å². The van der Waals surface area contributed by atoms with Gasteiger partial charge in [0.15, 0.2) is 10.2 Å². The molecule has 0 bridgehead atoms. The second-order valence-corrected chi connectivity index (χ2v) is 10.7. The summed E-state index contributed by atoms with van der Waals surface area (Å²) in [5.74, 6) is 0.694. The van der Waals surface area contributed by atoms with Crippen molar-refractivity contribution in [1.82, 2.24) is 15.2 Å². The Morgan fingerprint density at radius 1 is 0.949 bits per heavy atom. The maximum absolute atomic E-state index is 13.1. The van der Waals surface area contributed by atoms with Crippen molar-refractivity contribution >= 4 is 51.5 Å². The highest BCUT2D eigenvalue weighted by Gasteiger charge is 2.41. The van der Waals surface area contributed by atoms with Crippen molar-refractivity contribution in [3.8, 4) is 0 Å². The van der Waals surface area contributed by atoms with E-state index >= 15 is 0 Å². The van der Waals surface area contributed by atoms with Gasteiger partial charge in [0.2, 0.25) is 5.91 Å². The van der Waals surface area contributed by atoms with Crippen LogP contribution >= 0.6 is 24.0 Å². The SMILES string of the molecule is O=C(CCN1C(=S)NC(c2ccccn2)C1c1ccc(Sc2ccccc2)o1)Nc1cccc2ccccc12. The highest BCUT2D eigenvalue weighted by Crippen LogP contribution is 2.41. The average molecular weight is 551 g/mol. The quantitative estimate of drug-likeness (QED) is 0.202. The molecule has 1 fully saturated rings. The second-order valence-electron chi connectivity index (χ2n) is 9.22. The van der Waals surface area contributed by atoms with E-state index in [-0.39, 0.29) is 24.4 Å². The Balaban J connectivity index is 1.22. The largest absolute Gasteiger partial charge is 0.452 e.